The Labute approximate surface area is 175 Å². The van der Waals surface area contributed by atoms with Gasteiger partial charge in [0, 0.05) is 16.6 Å². The van der Waals surface area contributed by atoms with Crippen LogP contribution in [0.1, 0.15) is 48.9 Å². The summed E-state index contributed by atoms with van der Waals surface area (Å²) in [6, 6.07) is 5.76. The number of amides is 2. The number of thioether (sulfide) groups is 1. The zero-order valence-electron chi connectivity index (χ0n) is 16.0. The molecule has 2 rings (SSSR count). The van der Waals surface area contributed by atoms with E-state index >= 15 is 0 Å². The van der Waals surface area contributed by atoms with Crippen molar-refractivity contribution in [2.45, 2.75) is 50.6 Å². The van der Waals surface area contributed by atoms with Crippen LogP contribution in [0.4, 0.5) is 0 Å². The Bertz CT molecular complexity index is 663. The van der Waals surface area contributed by atoms with Crippen molar-refractivity contribution in [1.82, 2.24) is 10.6 Å². The van der Waals surface area contributed by atoms with Crippen molar-refractivity contribution in [3.8, 4) is 0 Å². The molecule has 0 heterocycles. The number of nitrogens with one attached hydrogen (secondary N) is 2. The maximum Gasteiger partial charge on any atom is 0.329 e. The number of rotatable bonds is 9. The van der Waals surface area contributed by atoms with Gasteiger partial charge < -0.3 is 15.4 Å². The zero-order chi connectivity index (χ0) is 20.4. The Balaban J connectivity index is 1.85. The SMILES string of the molecule is CSCC[C@@H](NC(=O)c1ccc(Cl)cc1)C(=O)OCC(=O)NC1CCCCC1. The van der Waals surface area contributed by atoms with Crippen molar-refractivity contribution in [2.75, 3.05) is 18.6 Å². The molecule has 1 aliphatic rings. The average molecular weight is 427 g/mol. The van der Waals surface area contributed by atoms with E-state index in [1.165, 1.54) is 6.42 Å². The summed E-state index contributed by atoms with van der Waals surface area (Å²) >= 11 is 7.40. The topological polar surface area (TPSA) is 84.5 Å². The largest absolute Gasteiger partial charge is 0.454 e. The van der Waals surface area contributed by atoms with Gasteiger partial charge in [-0.2, -0.15) is 11.8 Å². The van der Waals surface area contributed by atoms with E-state index in [0.29, 0.717) is 22.8 Å². The predicted molar refractivity (Wildman–Crippen MR) is 112 cm³/mol. The summed E-state index contributed by atoms with van der Waals surface area (Å²) in [4.78, 5) is 36.8. The predicted octanol–water partition coefficient (Wildman–Crippen LogP) is 3.18. The van der Waals surface area contributed by atoms with Gasteiger partial charge in [0.2, 0.25) is 0 Å². The normalized spacial score (nSPS) is 15.5. The zero-order valence-corrected chi connectivity index (χ0v) is 17.6. The number of benzene rings is 1. The van der Waals surface area contributed by atoms with Gasteiger partial charge in [0.1, 0.15) is 6.04 Å². The summed E-state index contributed by atoms with van der Waals surface area (Å²) in [6.45, 7) is -0.331. The first-order chi connectivity index (χ1) is 13.5. The van der Waals surface area contributed by atoms with Crippen molar-refractivity contribution in [3.63, 3.8) is 0 Å². The molecule has 0 saturated heterocycles. The quantitative estimate of drug-likeness (QED) is 0.592. The second kappa shape index (κ2) is 12.0. The van der Waals surface area contributed by atoms with Crippen molar-refractivity contribution in [2.24, 2.45) is 0 Å². The fraction of sp³-hybridized carbons (Fsp3) is 0.550. The Kier molecular flexibility index (Phi) is 9.64. The van der Waals surface area contributed by atoms with Crippen LogP contribution in [0.25, 0.3) is 0 Å². The molecule has 1 atom stereocenters. The van der Waals surface area contributed by atoms with Crippen LogP contribution >= 0.6 is 23.4 Å². The van der Waals surface area contributed by atoms with E-state index in [-0.39, 0.29) is 24.5 Å². The van der Waals surface area contributed by atoms with Crippen LogP contribution in [-0.2, 0) is 14.3 Å². The Hall–Kier alpha value is -1.73. The van der Waals surface area contributed by atoms with E-state index in [4.69, 9.17) is 16.3 Å². The lowest BCUT2D eigenvalue weighted by molar-refractivity contribution is -0.150. The lowest BCUT2D eigenvalue weighted by atomic mass is 9.95. The first kappa shape index (κ1) is 22.6. The average Bonchev–Trinajstić information content (AvgIpc) is 2.70. The van der Waals surface area contributed by atoms with Gasteiger partial charge in [-0.3, -0.25) is 9.59 Å². The molecule has 2 amide bonds. The van der Waals surface area contributed by atoms with Gasteiger partial charge >= 0.3 is 5.97 Å². The highest BCUT2D eigenvalue weighted by molar-refractivity contribution is 7.98. The van der Waals surface area contributed by atoms with Crippen LogP contribution in [0.2, 0.25) is 5.02 Å². The summed E-state index contributed by atoms with van der Waals surface area (Å²) < 4.78 is 5.16. The Morgan fingerprint density at radius 2 is 1.86 bits per heavy atom. The molecule has 0 radical (unpaired) electrons. The number of ether oxygens (including phenoxy) is 1. The molecule has 1 aromatic rings. The molecular formula is C20H27ClN2O4S. The molecule has 2 N–H and O–H groups in total. The first-order valence-corrected chi connectivity index (χ1v) is 11.3. The minimum atomic E-state index is -0.807. The molecule has 0 aliphatic heterocycles. The van der Waals surface area contributed by atoms with E-state index in [1.54, 1.807) is 36.0 Å². The van der Waals surface area contributed by atoms with Gasteiger partial charge in [0.25, 0.3) is 11.8 Å². The van der Waals surface area contributed by atoms with E-state index in [9.17, 15) is 14.4 Å². The molecule has 6 nitrogen and oxygen atoms in total. The number of carbonyl (C=O) groups is 3. The summed E-state index contributed by atoms with van der Waals surface area (Å²) in [6.07, 6.45) is 7.69. The third-order valence-corrected chi connectivity index (χ3v) is 5.52. The minimum absolute atomic E-state index is 0.164. The van der Waals surface area contributed by atoms with Gasteiger partial charge in [-0.25, -0.2) is 4.79 Å². The number of hydrogen-bond donors (Lipinski definition) is 2. The molecule has 1 aromatic carbocycles. The maximum absolute atomic E-state index is 12.4. The third-order valence-electron chi connectivity index (χ3n) is 4.62. The fourth-order valence-corrected chi connectivity index (χ4v) is 3.68. The molecule has 8 heteroatoms. The van der Waals surface area contributed by atoms with Crippen LogP contribution in [-0.4, -0.2) is 48.5 Å². The van der Waals surface area contributed by atoms with Crippen LogP contribution in [0.15, 0.2) is 24.3 Å². The lowest BCUT2D eigenvalue weighted by Gasteiger charge is -2.23. The third kappa shape index (κ3) is 7.72. The second-order valence-electron chi connectivity index (χ2n) is 6.82. The lowest BCUT2D eigenvalue weighted by Crippen LogP contribution is -2.44. The highest BCUT2D eigenvalue weighted by Crippen LogP contribution is 2.17. The van der Waals surface area contributed by atoms with Crippen LogP contribution in [0.3, 0.4) is 0 Å². The van der Waals surface area contributed by atoms with Gasteiger partial charge in [0.05, 0.1) is 0 Å². The summed E-state index contributed by atoms with van der Waals surface area (Å²) in [5, 5.41) is 6.13. The van der Waals surface area contributed by atoms with Gasteiger partial charge in [-0.15, -0.1) is 0 Å². The van der Waals surface area contributed by atoms with Crippen LogP contribution in [0.5, 0.6) is 0 Å². The number of carbonyl (C=O) groups excluding carboxylic acids is 3. The van der Waals surface area contributed by atoms with Crippen LogP contribution < -0.4 is 10.6 Å². The second-order valence-corrected chi connectivity index (χ2v) is 8.25. The van der Waals surface area contributed by atoms with E-state index < -0.39 is 12.0 Å². The molecule has 0 unspecified atom stereocenters. The van der Waals surface area contributed by atoms with Crippen molar-refractivity contribution in [3.05, 3.63) is 34.9 Å². The minimum Gasteiger partial charge on any atom is -0.454 e. The van der Waals surface area contributed by atoms with E-state index in [1.807, 2.05) is 6.26 Å². The van der Waals surface area contributed by atoms with E-state index in [2.05, 4.69) is 10.6 Å². The van der Waals surface area contributed by atoms with Gasteiger partial charge in [0.15, 0.2) is 6.61 Å². The van der Waals surface area contributed by atoms with Crippen molar-refractivity contribution < 1.29 is 19.1 Å². The monoisotopic (exact) mass is 426 g/mol. The molecule has 28 heavy (non-hydrogen) atoms. The Morgan fingerprint density at radius 1 is 1.18 bits per heavy atom. The smallest absolute Gasteiger partial charge is 0.329 e. The number of esters is 1. The maximum atomic E-state index is 12.4. The molecule has 154 valence electrons. The van der Waals surface area contributed by atoms with Crippen LogP contribution in [0, 0.1) is 0 Å². The standard InChI is InChI=1S/C20H27ClN2O4S/c1-28-12-11-17(23-19(25)14-7-9-15(21)10-8-14)20(26)27-13-18(24)22-16-5-3-2-4-6-16/h7-10,16-17H,2-6,11-13H2,1H3,(H,22,24)(H,23,25)/t17-/m1/s1. The molecule has 1 fully saturated rings. The summed E-state index contributed by atoms with van der Waals surface area (Å²) in [7, 11) is 0. The molecule has 1 saturated carbocycles. The highest BCUT2D eigenvalue weighted by Gasteiger charge is 2.24. The molecule has 0 spiro atoms. The summed E-state index contributed by atoms with van der Waals surface area (Å²) in [5.74, 6) is -0.607. The van der Waals surface area contributed by atoms with Crippen molar-refractivity contribution in [1.29, 1.82) is 0 Å². The van der Waals surface area contributed by atoms with E-state index in [0.717, 1.165) is 25.7 Å². The molecule has 1 aliphatic carbocycles. The molecule has 0 bridgehead atoms. The Morgan fingerprint density at radius 3 is 2.50 bits per heavy atom. The molecule has 0 aromatic heterocycles. The fourth-order valence-electron chi connectivity index (χ4n) is 3.08. The van der Waals surface area contributed by atoms with Crippen molar-refractivity contribution >= 4 is 41.1 Å². The summed E-state index contributed by atoms with van der Waals surface area (Å²) in [5.41, 5.74) is 0.404. The number of halogens is 1. The highest BCUT2D eigenvalue weighted by atomic mass is 35.5. The van der Waals surface area contributed by atoms with Gasteiger partial charge in [-0.1, -0.05) is 30.9 Å². The molecular weight excluding hydrogens is 400 g/mol. The first-order valence-electron chi connectivity index (χ1n) is 9.51. The number of hydrogen-bond acceptors (Lipinski definition) is 5. The van der Waals surface area contributed by atoms with Gasteiger partial charge in [-0.05, 0) is 55.5 Å².